The minimum absolute atomic E-state index is 0.837. The molecule has 0 radical (unpaired) electrons. The van der Waals surface area contributed by atoms with Crippen LogP contribution in [0.4, 0.5) is 0 Å². The van der Waals surface area contributed by atoms with Crippen LogP contribution < -0.4 is 0 Å². The summed E-state index contributed by atoms with van der Waals surface area (Å²) >= 11 is 5.66. The Morgan fingerprint density at radius 1 is 1.88 bits per heavy atom. The standard InChI is InChI=1S/C6H10S2/c1-6(2)3-4-8-5-7/h3-4,7H,1,5H2,2H3/b4-3-. The van der Waals surface area contributed by atoms with Gasteiger partial charge in [0.05, 0.1) is 0 Å². The number of allylic oxidation sites excluding steroid dienone is 2. The van der Waals surface area contributed by atoms with Gasteiger partial charge in [0.2, 0.25) is 0 Å². The van der Waals surface area contributed by atoms with Crippen LogP contribution in [0.25, 0.3) is 0 Å². The second-order valence-electron chi connectivity index (χ2n) is 1.44. The van der Waals surface area contributed by atoms with Gasteiger partial charge < -0.3 is 0 Å². The summed E-state index contributed by atoms with van der Waals surface area (Å²) in [7, 11) is 0. The first kappa shape index (κ1) is 8.18. The van der Waals surface area contributed by atoms with Crippen molar-refractivity contribution >= 4 is 24.4 Å². The van der Waals surface area contributed by atoms with Crippen molar-refractivity contribution < 1.29 is 0 Å². The number of hydrogen-bond donors (Lipinski definition) is 1. The van der Waals surface area contributed by atoms with E-state index in [0.717, 1.165) is 10.7 Å². The van der Waals surface area contributed by atoms with E-state index in [-0.39, 0.29) is 0 Å². The first-order valence-electron chi connectivity index (χ1n) is 2.32. The minimum atomic E-state index is 0.837. The van der Waals surface area contributed by atoms with Crippen LogP contribution in [-0.2, 0) is 0 Å². The summed E-state index contributed by atoms with van der Waals surface area (Å²) in [6.45, 7) is 5.67. The molecule has 0 aromatic carbocycles. The van der Waals surface area contributed by atoms with Crippen molar-refractivity contribution in [3.05, 3.63) is 23.6 Å². The molecule has 0 unspecified atom stereocenters. The van der Waals surface area contributed by atoms with Crippen molar-refractivity contribution in [3.8, 4) is 0 Å². The fourth-order valence-corrected chi connectivity index (χ4v) is 0.880. The van der Waals surface area contributed by atoms with Gasteiger partial charge in [0.15, 0.2) is 0 Å². The molecule has 0 aromatic heterocycles. The highest BCUT2D eigenvalue weighted by Gasteiger charge is 1.72. The molecule has 0 bridgehead atoms. The molecule has 0 fully saturated rings. The van der Waals surface area contributed by atoms with Crippen molar-refractivity contribution in [2.24, 2.45) is 0 Å². The van der Waals surface area contributed by atoms with Gasteiger partial charge in [0.25, 0.3) is 0 Å². The van der Waals surface area contributed by atoms with Crippen LogP contribution in [0.15, 0.2) is 23.6 Å². The van der Waals surface area contributed by atoms with E-state index in [1.807, 2.05) is 18.4 Å². The molecule has 0 saturated heterocycles. The second-order valence-corrected chi connectivity index (χ2v) is 3.08. The molecule has 2 heteroatoms. The molecule has 0 aromatic rings. The molecule has 0 saturated carbocycles. The molecule has 0 aliphatic rings. The zero-order valence-electron chi connectivity index (χ0n) is 4.92. The van der Waals surface area contributed by atoms with Crippen LogP contribution in [0, 0.1) is 0 Å². The smallest absolute Gasteiger partial charge is 0.0403 e. The normalized spacial score (nSPS) is 10.2. The Hall–Kier alpha value is 0.180. The minimum Gasteiger partial charge on any atom is -0.168 e. The molecule has 0 aliphatic carbocycles. The van der Waals surface area contributed by atoms with E-state index in [2.05, 4.69) is 19.2 Å². The fraction of sp³-hybridized carbons (Fsp3) is 0.333. The first-order chi connectivity index (χ1) is 3.77. The van der Waals surface area contributed by atoms with Gasteiger partial charge >= 0.3 is 0 Å². The van der Waals surface area contributed by atoms with Crippen molar-refractivity contribution in [1.82, 2.24) is 0 Å². The SMILES string of the molecule is C=C(C)/C=C\SCS. The van der Waals surface area contributed by atoms with Crippen LogP contribution in [0.5, 0.6) is 0 Å². The lowest BCUT2D eigenvalue weighted by Crippen LogP contribution is -1.58. The highest BCUT2D eigenvalue weighted by molar-refractivity contribution is 8.11. The molecule has 0 aliphatic heterocycles. The molecule has 0 spiro atoms. The van der Waals surface area contributed by atoms with Gasteiger partial charge in [-0.05, 0) is 12.3 Å². The Kier molecular flexibility index (Phi) is 5.44. The number of thioether (sulfide) groups is 1. The largest absolute Gasteiger partial charge is 0.168 e. The highest BCUT2D eigenvalue weighted by Crippen LogP contribution is 2.04. The van der Waals surface area contributed by atoms with Crippen LogP contribution in [0.3, 0.4) is 0 Å². The fourth-order valence-electron chi connectivity index (χ4n) is 0.207. The molecule has 0 atom stereocenters. The zero-order valence-corrected chi connectivity index (χ0v) is 6.64. The lowest BCUT2D eigenvalue weighted by Gasteiger charge is -1.83. The molecule has 0 rings (SSSR count). The van der Waals surface area contributed by atoms with Crippen LogP contribution in [-0.4, -0.2) is 5.08 Å². The average Bonchev–Trinajstić information content (AvgIpc) is 1.66. The Morgan fingerprint density at radius 3 is 2.88 bits per heavy atom. The number of rotatable bonds is 3. The Morgan fingerprint density at radius 2 is 2.50 bits per heavy atom. The Bertz CT molecular complexity index is 94.7. The number of thiol groups is 1. The molecule has 0 nitrogen and oxygen atoms in total. The second kappa shape index (κ2) is 5.32. The maximum atomic E-state index is 4.01. The summed E-state index contributed by atoms with van der Waals surface area (Å²) < 4.78 is 0. The van der Waals surface area contributed by atoms with Crippen molar-refractivity contribution in [3.63, 3.8) is 0 Å². The Balaban J connectivity index is 3.20. The summed E-state index contributed by atoms with van der Waals surface area (Å²) in [4.78, 5) is 0. The molecule has 0 heterocycles. The summed E-state index contributed by atoms with van der Waals surface area (Å²) in [6, 6.07) is 0. The zero-order chi connectivity index (χ0) is 6.41. The van der Waals surface area contributed by atoms with Gasteiger partial charge in [-0.3, -0.25) is 0 Å². The van der Waals surface area contributed by atoms with E-state index in [0.29, 0.717) is 0 Å². The van der Waals surface area contributed by atoms with Gasteiger partial charge in [-0.25, -0.2) is 0 Å². The predicted molar refractivity (Wildman–Crippen MR) is 45.4 cm³/mol. The first-order valence-corrected chi connectivity index (χ1v) is 4.00. The van der Waals surface area contributed by atoms with Crippen molar-refractivity contribution in [1.29, 1.82) is 0 Å². The van der Waals surface area contributed by atoms with E-state index < -0.39 is 0 Å². The van der Waals surface area contributed by atoms with Gasteiger partial charge in [-0.2, -0.15) is 12.6 Å². The molecule has 46 valence electrons. The summed E-state index contributed by atoms with van der Waals surface area (Å²) in [5, 5.41) is 2.83. The van der Waals surface area contributed by atoms with Crippen molar-refractivity contribution in [2.45, 2.75) is 6.92 Å². The average molecular weight is 146 g/mol. The molecule has 8 heavy (non-hydrogen) atoms. The topological polar surface area (TPSA) is 0 Å². The van der Waals surface area contributed by atoms with E-state index in [1.165, 1.54) is 0 Å². The van der Waals surface area contributed by atoms with Crippen LogP contribution in [0.2, 0.25) is 0 Å². The lowest BCUT2D eigenvalue weighted by molar-refractivity contribution is 1.57. The maximum Gasteiger partial charge on any atom is 0.0403 e. The van der Waals surface area contributed by atoms with E-state index >= 15 is 0 Å². The maximum absolute atomic E-state index is 4.01. The molecule has 0 N–H and O–H groups in total. The monoisotopic (exact) mass is 146 g/mol. The number of hydrogen-bond acceptors (Lipinski definition) is 2. The van der Waals surface area contributed by atoms with Gasteiger partial charge in [-0.1, -0.05) is 18.2 Å². The molecule has 0 amide bonds. The summed E-state index contributed by atoms with van der Waals surface area (Å²) in [5.74, 6) is 0. The van der Waals surface area contributed by atoms with E-state index in [4.69, 9.17) is 0 Å². The van der Waals surface area contributed by atoms with Gasteiger partial charge in [0.1, 0.15) is 0 Å². The van der Waals surface area contributed by atoms with Crippen LogP contribution in [0.1, 0.15) is 6.92 Å². The highest BCUT2D eigenvalue weighted by atomic mass is 32.2. The third-order valence-corrected chi connectivity index (χ3v) is 1.45. The third-order valence-electron chi connectivity index (χ3n) is 0.523. The predicted octanol–water partition coefficient (Wildman–Crippen LogP) is 2.70. The van der Waals surface area contributed by atoms with Gasteiger partial charge in [0, 0.05) is 5.08 Å². The summed E-state index contributed by atoms with van der Waals surface area (Å²) in [6.07, 6.45) is 1.97. The molecular weight excluding hydrogens is 136 g/mol. The summed E-state index contributed by atoms with van der Waals surface area (Å²) in [5.41, 5.74) is 1.08. The quantitative estimate of drug-likeness (QED) is 0.363. The van der Waals surface area contributed by atoms with Crippen molar-refractivity contribution in [2.75, 3.05) is 5.08 Å². The lowest BCUT2D eigenvalue weighted by atomic mass is 10.4. The van der Waals surface area contributed by atoms with Crippen LogP contribution >= 0.6 is 24.4 Å². The van der Waals surface area contributed by atoms with E-state index in [9.17, 15) is 0 Å². The molecular formula is C6H10S2. The Labute approximate surface area is 60.5 Å². The van der Waals surface area contributed by atoms with E-state index in [1.54, 1.807) is 11.8 Å². The van der Waals surface area contributed by atoms with Gasteiger partial charge in [-0.15, -0.1) is 11.8 Å². The third kappa shape index (κ3) is 6.18.